The van der Waals surface area contributed by atoms with Crippen molar-refractivity contribution in [3.05, 3.63) is 88.0 Å². The van der Waals surface area contributed by atoms with E-state index in [-0.39, 0.29) is 17.6 Å². The van der Waals surface area contributed by atoms with Crippen molar-refractivity contribution >= 4 is 39.8 Å². The molecular formula is C27H22BrNO5. The second-order valence-electron chi connectivity index (χ2n) is 7.54. The Morgan fingerprint density at radius 2 is 1.71 bits per heavy atom. The number of halogens is 1. The number of hydrogen-bond donors (Lipinski definition) is 0. The van der Waals surface area contributed by atoms with Crippen molar-refractivity contribution in [2.75, 3.05) is 7.11 Å². The highest BCUT2D eigenvalue weighted by molar-refractivity contribution is 9.10. The van der Waals surface area contributed by atoms with Gasteiger partial charge in [0.15, 0.2) is 17.2 Å². The fraction of sp³-hybridized carbons (Fsp3) is 0.148. The van der Waals surface area contributed by atoms with Crippen LogP contribution in [0.2, 0.25) is 0 Å². The number of cyclic esters (lactones) is 1. The van der Waals surface area contributed by atoms with Gasteiger partial charge in [-0.05, 0) is 69.4 Å². The molecule has 0 fully saturated rings. The maximum atomic E-state index is 12.5. The molecule has 0 spiro atoms. The fourth-order valence-corrected chi connectivity index (χ4v) is 3.96. The minimum absolute atomic E-state index is 0.159. The molecular weight excluding hydrogens is 498 g/mol. The molecule has 0 aliphatic carbocycles. The van der Waals surface area contributed by atoms with E-state index < -0.39 is 5.97 Å². The van der Waals surface area contributed by atoms with Crippen LogP contribution in [-0.4, -0.2) is 24.9 Å². The summed E-state index contributed by atoms with van der Waals surface area (Å²) in [4.78, 5) is 28.8. The van der Waals surface area contributed by atoms with Gasteiger partial charge < -0.3 is 14.2 Å². The predicted octanol–water partition coefficient (Wildman–Crippen LogP) is 6.17. The smallest absolute Gasteiger partial charge is 0.363 e. The van der Waals surface area contributed by atoms with E-state index in [1.165, 1.54) is 7.11 Å². The average molecular weight is 520 g/mol. The number of esters is 2. The molecule has 172 valence electrons. The highest BCUT2D eigenvalue weighted by Crippen LogP contribution is 2.38. The topological polar surface area (TPSA) is 74.2 Å². The number of ether oxygens (including phenoxy) is 3. The summed E-state index contributed by atoms with van der Waals surface area (Å²) in [7, 11) is 1.48. The number of aliphatic imine (C=N–C) groups is 1. The predicted molar refractivity (Wildman–Crippen MR) is 134 cm³/mol. The largest absolute Gasteiger partial charge is 0.493 e. The molecule has 3 aromatic rings. The summed E-state index contributed by atoms with van der Waals surface area (Å²) in [5, 5.41) is 0. The molecule has 4 rings (SSSR count). The van der Waals surface area contributed by atoms with Crippen molar-refractivity contribution in [1.82, 2.24) is 0 Å². The summed E-state index contributed by atoms with van der Waals surface area (Å²) >= 11 is 3.42. The van der Waals surface area contributed by atoms with Crippen molar-refractivity contribution in [3.63, 3.8) is 0 Å². The zero-order chi connectivity index (χ0) is 24.1. The van der Waals surface area contributed by atoms with Gasteiger partial charge in [0, 0.05) is 12.0 Å². The Balaban J connectivity index is 1.59. The first-order chi connectivity index (χ1) is 16.5. The van der Waals surface area contributed by atoms with Crippen LogP contribution in [0, 0.1) is 0 Å². The van der Waals surface area contributed by atoms with E-state index in [2.05, 4.69) is 20.9 Å². The van der Waals surface area contributed by atoms with Crippen LogP contribution in [0.3, 0.4) is 0 Å². The Kier molecular flexibility index (Phi) is 7.23. The van der Waals surface area contributed by atoms with Crippen LogP contribution >= 0.6 is 15.9 Å². The first kappa shape index (κ1) is 23.4. The van der Waals surface area contributed by atoms with Crippen molar-refractivity contribution in [2.45, 2.75) is 19.8 Å². The lowest BCUT2D eigenvalue weighted by Crippen LogP contribution is -2.08. The Hall–Kier alpha value is -3.71. The van der Waals surface area contributed by atoms with E-state index in [1.54, 1.807) is 18.2 Å². The lowest BCUT2D eigenvalue weighted by atomic mass is 10.0. The van der Waals surface area contributed by atoms with Crippen LogP contribution in [0.1, 0.15) is 30.9 Å². The third-order valence-corrected chi connectivity index (χ3v) is 5.67. The molecule has 0 atom stereocenters. The van der Waals surface area contributed by atoms with Crippen molar-refractivity contribution in [1.29, 1.82) is 0 Å². The summed E-state index contributed by atoms with van der Waals surface area (Å²) in [5.74, 6) is -0.000255. The van der Waals surface area contributed by atoms with Gasteiger partial charge in [0.1, 0.15) is 0 Å². The van der Waals surface area contributed by atoms with Gasteiger partial charge >= 0.3 is 11.9 Å². The maximum absolute atomic E-state index is 12.5. The van der Waals surface area contributed by atoms with Gasteiger partial charge in [0.05, 0.1) is 11.6 Å². The van der Waals surface area contributed by atoms with Gasteiger partial charge in [-0.1, -0.05) is 49.4 Å². The van der Waals surface area contributed by atoms with Crippen LogP contribution < -0.4 is 9.47 Å². The van der Waals surface area contributed by atoms with E-state index >= 15 is 0 Å². The van der Waals surface area contributed by atoms with Gasteiger partial charge in [-0.3, -0.25) is 4.79 Å². The molecule has 0 saturated carbocycles. The summed E-state index contributed by atoms with van der Waals surface area (Å²) in [5.41, 5.74) is 3.65. The standard InChI is InChI=1S/C27H22BrNO5/c1-3-7-24(30)33-25-21(28)14-17(16-23(25)32-2)15-22-27(31)34-26(29-22)20-12-10-19(11-13-20)18-8-5-4-6-9-18/h4-6,8-16H,3,7H2,1-2H3/b22-15-. The zero-order valence-electron chi connectivity index (χ0n) is 18.7. The molecule has 1 aliphatic rings. The molecule has 3 aromatic carbocycles. The highest BCUT2D eigenvalue weighted by atomic mass is 79.9. The summed E-state index contributed by atoms with van der Waals surface area (Å²) < 4.78 is 16.7. The Bertz CT molecular complexity index is 1280. The third kappa shape index (κ3) is 5.26. The molecule has 1 heterocycles. The van der Waals surface area contributed by atoms with Crippen LogP contribution in [0.15, 0.2) is 81.9 Å². The molecule has 7 heteroatoms. The molecule has 0 N–H and O–H groups in total. The number of carbonyl (C=O) groups is 2. The van der Waals surface area contributed by atoms with Gasteiger partial charge in [-0.2, -0.15) is 0 Å². The Morgan fingerprint density at radius 1 is 1.03 bits per heavy atom. The lowest BCUT2D eigenvalue weighted by Gasteiger charge is -2.12. The second kappa shape index (κ2) is 10.5. The van der Waals surface area contributed by atoms with Crippen molar-refractivity contribution in [2.24, 2.45) is 4.99 Å². The van der Waals surface area contributed by atoms with Crippen LogP contribution in [0.5, 0.6) is 11.5 Å². The Labute approximate surface area is 206 Å². The molecule has 34 heavy (non-hydrogen) atoms. The first-order valence-electron chi connectivity index (χ1n) is 10.7. The number of carbonyl (C=O) groups excluding carboxylic acids is 2. The quantitative estimate of drug-likeness (QED) is 0.212. The maximum Gasteiger partial charge on any atom is 0.363 e. The molecule has 0 bridgehead atoms. The average Bonchev–Trinajstić information content (AvgIpc) is 3.21. The number of benzene rings is 3. The zero-order valence-corrected chi connectivity index (χ0v) is 20.3. The third-order valence-electron chi connectivity index (χ3n) is 5.08. The minimum atomic E-state index is -0.546. The number of rotatable bonds is 7. The SMILES string of the molecule is CCCC(=O)Oc1c(Br)cc(/C=C2\N=C(c3ccc(-c4ccccc4)cc3)OC2=O)cc1OC. The molecule has 0 saturated heterocycles. The highest BCUT2D eigenvalue weighted by Gasteiger charge is 2.25. The monoisotopic (exact) mass is 519 g/mol. The van der Waals surface area contributed by atoms with E-state index in [0.29, 0.717) is 39.9 Å². The van der Waals surface area contributed by atoms with Crippen LogP contribution in [-0.2, 0) is 14.3 Å². The van der Waals surface area contributed by atoms with E-state index in [1.807, 2.05) is 61.5 Å². The van der Waals surface area contributed by atoms with E-state index in [0.717, 1.165) is 11.1 Å². The molecule has 6 nitrogen and oxygen atoms in total. The molecule has 0 unspecified atom stereocenters. The lowest BCUT2D eigenvalue weighted by molar-refractivity contribution is -0.134. The number of nitrogens with zero attached hydrogens (tertiary/aromatic N) is 1. The van der Waals surface area contributed by atoms with Crippen molar-refractivity contribution in [3.8, 4) is 22.6 Å². The van der Waals surface area contributed by atoms with Crippen molar-refractivity contribution < 1.29 is 23.8 Å². The molecule has 0 amide bonds. The van der Waals surface area contributed by atoms with Crippen LogP contribution in [0.25, 0.3) is 17.2 Å². The van der Waals surface area contributed by atoms with Gasteiger partial charge in [0.25, 0.3) is 0 Å². The number of methoxy groups -OCH3 is 1. The van der Waals surface area contributed by atoms with Gasteiger partial charge in [-0.15, -0.1) is 0 Å². The summed E-state index contributed by atoms with van der Waals surface area (Å²) in [6.07, 6.45) is 2.58. The van der Waals surface area contributed by atoms with Gasteiger partial charge in [-0.25, -0.2) is 9.79 Å². The second-order valence-corrected chi connectivity index (χ2v) is 8.39. The normalized spacial score (nSPS) is 14.0. The fourth-order valence-electron chi connectivity index (χ4n) is 3.42. The first-order valence-corrected chi connectivity index (χ1v) is 11.5. The van der Waals surface area contributed by atoms with Crippen LogP contribution in [0.4, 0.5) is 0 Å². The number of hydrogen-bond acceptors (Lipinski definition) is 6. The summed E-state index contributed by atoms with van der Waals surface area (Å²) in [6, 6.07) is 21.1. The van der Waals surface area contributed by atoms with Gasteiger partial charge in [0.2, 0.25) is 5.90 Å². The van der Waals surface area contributed by atoms with E-state index in [4.69, 9.17) is 14.2 Å². The summed E-state index contributed by atoms with van der Waals surface area (Å²) in [6.45, 7) is 1.90. The van der Waals surface area contributed by atoms with E-state index in [9.17, 15) is 9.59 Å². The Morgan fingerprint density at radius 3 is 2.38 bits per heavy atom. The molecule has 0 radical (unpaired) electrons. The molecule has 1 aliphatic heterocycles. The minimum Gasteiger partial charge on any atom is -0.493 e. The molecule has 0 aromatic heterocycles.